The Hall–Kier alpha value is -0.0400. The second-order valence-electron chi connectivity index (χ2n) is 8.19. The zero-order chi connectivity index (χ0) is 12.8. The van der Waals surface area contributed by atoms with Crippen LogP contribution in [0, 0.1) is 22.7 Å². The Morgan fingerprint density at radius 3 is 2.44 bits per heavy atom. The molecule has 0 aromatic rings. The third kappa shape index (κ3) is 2.03. The molecular formula is C17H31N. The molecular weight excluding hydrogens is 218 g/mol. The fourth-order valence-corrected chi connectivity index (χ4v) is 4.98. The van der Waals surface area contributed by atoms with Crippen LogP contribution in [0.5, 0.6) is 0 Å². The summed E-state index contributed by atoms with van der Waals surface area (Å²) in [6.45, 7) is 11.7. The molecule has 3 aliphatic rings. The fraction of sp³-hybridized carbons (Fsp3) is 1.00. The third-order valence-corrected chi connectivity index (χ3v) is 7.00. The average molecular weight is 249 g/mol. The lowest BCUT2D eigenvalue weighted by molar-refractivity contribution is -0.0192. The van der Waals surface area contributed by atoms with Crippen LogP contribution in [0.15, 0.2) is 0 Å². The molecule has 0 aromatic carbocycles. The molecule has 0 radical (unpaired) electrons. The molecule has 1 nitrogen and oxygen atoms in total. The van der Waals surface area contributed by atoms with Crippen LogP contribution in [0.4, 0.5) is 0 Å². The quantitative estimate of drug-likeness (QED) is 0.720. The standard InChI is InChI=1S/C17H31N/c1-16(2)15-8-10-17(16,3)13-18(12-15)11-9-14-6-4-5-7-14/h14-15H,4-13H2,1-3H3. The van der Waals surface area contributed by atoms with Gasteiger partial charge in [-0.3, -0.25) is 0 Å². The highest BCUT2D eigenvalue weighted by Gasteiger charge is 2.55. The SMILES string of the molecule is CC12CCC(CN(CCC3CCCC3)C1)C2(C)C. The minimum Gasteiger partial charge on any atom is -0.302 e. The molecule has 0 aromatic heterocycles. The van der Waals surface area contributed by atoms with E-state index < -0.39 is 0 Å². The van der Waals surface area contributed by atoms with E-state index in [0.29, 0.717) is 10.8 Å². The molecule has 0 amide bonds. The molecule has 1 aliphatic heterocycles. The normalized spacial score (nSPS) is 40.5. The molecule has 1 heteroatoms. The highest BCUT2D eigenvalue weighted by Crippen LogP contribution is 2.58. The van der Waals surface area contributed by atoms with Crippen molar-refractivity contribution in [3.8, 4) is 0 Å². The van der Waals surface area contributed by atoms with Gasteiger partial charge in [-0.25, -0.2) is 0 Å². The Kier molecular flexibility index (Phi) is 3.25. The largest absolute Gasteiger partial charge is 0.302 e. The maximum absolute atomic E-state index is 2.81. The number of piperidine rings is 1. The van der Waals surface area contributed by atoms with Gasteiger partial charge in [-0.1, -0.05) is 46.5 Å². The van der Waals surface area contributed by atoms with Gasteiger partial charge in [0.2, 0.25) is 0 Å². The zero-order valence-electron chi connectivity index (χ0n) is 12.7. The van der Waals surface area contributed by atoms with Crippen LogP contribution < -0.4 is 0 Å². The Balaban J connectivity index is 1.57. The van der Waals surface area contributed by atoms with E-state index in [1.165, 1.54) is 64.6 Å². The van der Waals surface area contributed by atoms with E-state index in [-0.39, 0.29) is 0 Å². The average Bonchev–Trinajstić information content (AvgIpc) is 2.83. The van der Waals surface area contributed by atoms with Crippen molar-refractivity contribution >= 4 is 0 Å². The van der Waals surface area contributed by atoms with E-state index in [0.717, 1.165) is 11.8 Å². The van der Waals surface area contributed by atoms with Gasteiger partial charge in [0.1, 0.15) is 0 Å². The summed E-state index contributed by atoms with van der Waals surface area (Å²) in [4.78, 5) is 2.81. The third-order valence-electron chi connectivity index (χ3n) is 7.00. The zero-order valence-corrected chi connectivity index (χ0v) is 12.7. The minimum absolute atomic E-state index is 0.580. The van der Waals surface area contributed by atoms with Crippen molar-refractivity contribution in [2.45, 2.75) is 65.7 Å². The fourth-order valence-electron chi connectivity index (χ4n) is 4.98. The number of likely N-dealkylation sites (tertiary alicyclic amines) is 1. The van der Waals surface area contributed by atoms with Gasteiger partial charge in [0, 0.05) is 13.1 Å². The Morgan fingerprint density at radius 2 is 1.78 bits per heavy atom. The first-order valence-electron chi connectivity index (χ1n) is 8.24. The maximum atomic E-state index is 2.81. The van der Waals surface area contributed by atoms with E-state index >= 15 is 0 Å². The predicted molar refractivity (Wildman–Crippen MR) is 77.6 cm³/mol. The molecule has 0 spiro atoms. The van der Waals surface area contributed by atoms with Crippen LogP contribution >= 0.6 is 0 Å². The second-order valence-corrected chi connectivity index (χ2v) is 8.19. The first-order chi connectivity index (χ1) is 8.51. The molecule has 2 bridgehead atoms. The number of nitrogens with zero attached hydrogens (tertiary/aromatic N) is 1. The van der Waals surface area contributed by atoms with Crippen molar-refractivity contribution in [1.82, 2.24) is 4.90 Å². The lowest BCUT2D eigenvalue weighted by Gasteiger charge is -2.50. The number of hydrogen-bond acceptors (Lipinski definition) is 1. The molecule has 0 N–H and O–H groups in total. The summed E-state index contributed by atoms with van der Waals surface area (Å²) in [5.41, 5.74) is 1.17. The predicted octanol–water partition coefficient (Wildman–Crippen LogP) is 4.32. The molecule has 1 heterocycles. The highest BCUT2D eigenvalue weighted by atomic mass is 15.2. The Morgan fingerprint density at radius 1 is 1.06 bits per heavy atom. The highest BCUT2D eigenvalue weighted by molar-refractivity contribution is 5.05. The van der Waals surface area contributed by atoms with E-state index in [1.807, 2.05) is 0 Å². The summed E-state index contributed by atoms with van der Waals surface area (Å²) in [5.74, 6) is 2.02. The minimum atomic E-state index is 0.580. The van der Waals surface area contributed by atoms with Crippen molar-refractivity contribution < 1.29 is 0 Å². The van der Waals surface area contributed by atoms with Crippen molar-refractivity contribution in [2.75, 3.05) is 19.6 Å². The molecule has 104 valence electrons. The first-order valence-corrected chi connectivity index (χ1v) is 8.24. The van der Waals surface area contributed by atoms with Gasteiger partial charge in [-0.15, -0.1) is 0 Å². The van der Waals surface area contributed by atoms with Gasteiger partial charge in [0.25, 0.3) is 0 Å². The second kappa shape index (κ2) is 4.51. The number of hydrogen-bond donors (Lipinski definition) is 0. The van der Waals surface area contributed by atoms with Crippen LogP contribution in [0.2, 0.25) is 0 Å². The molecule has 2 aliphatic carbocycles. The van der Waals surface area contributed by atoms with Crippen LogP contribution in [0.3, 0.4) is 0 Å². The van der Waals surface area contributed by atoms with Gasteiger partial charge >= 0.3 is 0 Å². The first kappa shape index (κ1) is 13.0. The van der Waals surface area contributed by atoms with Crippen LogP contribution in [-0.2, 0) is 0 Å². The summed E-state index contributed by atoms with van der Waals surface area (Å²) < 4.78 is 0. The van der Waals surface area contributed by atoms with Gasteiger partial charge in [-0.05, 0) is 48.5 Å². The summed E-state index contributed by atoms with van der Waals surface area (Å²) in [5, 5.41) is 0. The van der Waals surface area contributed by atoms with Crippen molar-refractivity contribution in [3.05, 3.63) is 0 Å². The smallest absolute Gasteiger partial charge is 0.00407 e. The van der Waals surface area contributed by atoms with Gasteiger partial charge in [0.05, 0.1) is 0 Å². The van der Waals surface area contributed by atoms with Crippen LogP contribution in [0.25, 0.3) is 0 Å². The summed E-state index contributed by atoms with van der Waals surface area (Å²) in [7, 11) is 0. The number of fused-ring (bicyclic) bond motifs is 2. The maximum Gasteiger partial charge on any atom is 0.00407 e. The van der Waals surface area contributed by atoms with Crippen molar-refractivity contribution in [2.24, 2.45) is 22.7 Å². The van der Waals surface area contributed by atoms with Gasteiger partial charge < -0.3 is 4.90 Å². The molecule has 3 rings (SSSR count). The lowest BCUT2D eigenvalue weighted by atomic mass is 9.63. The molecule has 2 saturated carbocycles. The molecule has 18 heavy (non-hydrogen) atoms. The summed E-state index contributed by atoms with van der Waals surface area (Å²) in [6, 6.07) is 0. The van der Waals surface area contributed by atoms with Gasteiger partial charge in [0.15, 0.2) is 0 Å². The Labute approximate surface area is 113 Å². The summed E-state index contributed by atoms with van der Waals surface area (Å²) >= 11 is 0. The van der Waals surface area contributed by atoms with E-state index in [4.69, 9.17) is 0 Å². The molecule has 2 atom stereocenters. The molecule has 3 fully saturated rings. The van der Waals surface area contributed by atoms with E-state index in [1.54, 1.807) is 0 Å². The monoisotopic (exact) mass is 249 g/mol. The number of rotatable bonds is 3. The van der Waals surface area contributed by atoms with Crippen LogP contribution in [-0.4, -0.2) is 24.5 Å². The van der Waals surface area contributed by atoms with Crippen LogP contribution in [0.1, 0.15) is 65.7 Å². The molecule has 2 unspecified atom stereocenters. The van der Waals surface area contributed by atoms with E-state index in [9.17, 15) is 0 Å². The lowest BCUT2D eigenvalue weighted by Crippen LogP contribution is -2.52. The van der Waals surface area contributed by atoms with Crippen molar-refractivity contribution in [3.63, 3.8) is 0 Å². The summed E-state index contributed by atoms with van der Waals surface area (Å²) in [6.07, 6.45) is 10.4. The molecule has 1 saturated heterocycles. The van der Waals surface area contributed by atoms with E-state index in [2.05, 4.69) is 25.7 Å². The van der Waals surface area contributed by atoms with Gasteiger partial charge in [-0.2, -0.15) is 0 Å². The van der Waals surface area contributed by atoms with Crippen molar-refractivity contribution in [1.29, 1.82) is 0 Å². The topological polar surface area (TPSA) is 3.24 Å². The Bertz CT molecular complexity index is 303.